The first kappa shape index (κ1) is 21.3. The van der Waals surface area contributed by atoms with Gasteiger partial charge in [-0.2, -0.15) is 0 Å². The fourth-order valence-corrected chi connectivity index (χ4v) is 4.80. The Kier molecular flexibility index (Phi) is 6.23. The van der Waals surface area contributed by atoms with Crippen molar-refractivity contribution in [2.24, 2.45) is 5.92 Å². The molecule has 1 aromatic heterocycles. The highest BCUT2D eigenvalue weighted by Crippen LogP contribution is 2.25. The van der Waals surface area contributed by atoms with E-state index >= 15 is 0 Å². The van der Waals surface area contributed by atoms with Crippen molar-refractivity contribution < 1.29 is 8.42 Å². The van der Waals surface area contributed by atoms with Crippen LogP contribution in [0.1, 0.15) is 32.3 Å². The molecule has 31 heavy (non-hydrogen) atoms. The van der Waals surface area contributed by atoms with E-state index in [4.69, 9.17) is 0 Å². The van der Waals surface area contributed by atoms with Crippen molar-refractivity contribution >= 4 is 21.5 Å². The van der Waals surface area contributed by atoms with Crippen molar-refractivity contribution in [1.82, 2.24) is 10.2 Å². The van der Waals surface area contributed by atoms with Crippen LogP contribution in [0.25, 0.3) is 11.3 Å². The summed E-state index contributed by atoms with van der Waals surface area (Å²) in [5, 5.41) is 8.80. The lowest BCUT2D eigenvalue weighted by Gasteiger charge is -2.30. The summed E-state index contributed by atoms with van der Waals surface area (Å²) in [5.41, 5.74) is 3.12. The Morgan fingerprint density at radius 3 is 2.39 bits per heavy atom. The number of benzene rings is 2. The van der Waals surface area contributed by atoms with Gasteiger partial charge in [0, 0.05) is 24.3 Å². The molecule has 0 spiro atoms. The van der Waals surface area contributed by atoms with Gasteiger partial charge < -0.3 is 4.90 Å². The first-order chi connectivity index (χ1) is 14.9. The number of anilines is 2. The van der Waals surface area contributed by atoms with Crippen molar-refractivity contribution in [3.63, 3.8) is 0 Å². The summed E-state index contributed by atoms with van der Waals surface area (Å²) in [4.78, 5) is 2.51. The Morgan fingerprint density at radius 1 is 1.00 bits per heavy atom. The van der Waals surface area contributed by atoms with E-state index in [1.165, 1.54) is 12.8 Å². The van der Waals surface area contributed by atoms with Crippen molar-refractivity contribution in [3.05, 3.63) is 66.2 Å². The molecule has 1 aliphatic heterocycles. The molecular weight excluding hydrogens is 408 g/mol. The molecule has 162 valence electrons. The van der Waals surface area contributed by atoms with Crippen molar-refractivity contribution in [2.75, 3.05) is 22.7 Å². The maximum atomic E-state index is 12.7. The van der Waals surface area contributed by atoms with Crippen molar-refractivity contribution in [2.45, 2.75) is 38.0 Å². The minimum Gasteiger partial charge on any atom is -0.355 e. The van der Waals surface area contributed by atoms with Crippen LogP contribution in [0.3, 0.4) is 0 Å². The molecule has 1 saturated heterocycles. The van der Waals surface area contributed by atoms with E-state index in [2.05, 4.69) is 26.7 Å². The van der Waals surface area contributed by atoms with Gasteiger partial charge in [-0.05, 0) is 67.1 Å². The van der Waals surface area contributed by atoms with Gasteiger partial charge in [0.2, 0.25) is 0 Å². The highest BCUT2D eigenvalue weighted by molar-refractivity contribution is 7.92. The van der Waals surface area contributed by atoms with Gasteiger partial charge in [-0.15, -0.1) is 10.2 Å². The fraction of sp³-hybridized carbons (Fsp3) is 0.333. The van der Waals surface area contributed by atoms with Crippen LogP contribution in [-0.4, -0.2) is 31.7 Å². The highest BCUT2D eigenvalue weighted by atomic mass is 32.2. The normalized spacial score (nSPS) is 15.1. The average Bonchev–Trinajstić information content (AvgIpc) is 2.80. The lowest BCUT2D eigenvalue weighted by Crippen LogP contribution is -2.33. The largest absolute Gasteiger partial charge is 0.355 e. The van der Waals surface area contributed by atoms with Gasteiger partial charge in [-0.3, -0.25) is 4.72 Å². The van der Waals surface area contributed by atoms with Gasteiger partial charge in [0.25, 0.3) is 10.0 Å². The highest BCUT2D eigenvalue weighted by Gasteiger charge is 2.18. The zero-order valence-corrected chi connectivity index (χ0v) is 18.8. The molecule has 6 nitrogen and oxygen atoms in total. The molecule has 0 bridgehead atoms. The number of aryl methyl sites for hydroxylation is 1. The molecule has 4 rings (SSSR count). The van der Waals surface area contributed by atoms with Gasteiger partial charge in [0.15, 0.2) is 5.82 Å². The summed E-state index contributed by atoms with van der Waals surface area (Å²) in [6.45, 7) is 6.33. The number of sulfonamides is 1. The lowest BCUT2D eigenvalue weighted by molar-refractivity contribution is 0.436. The minimum absolute atomic E-state index is 0.245. The smallest absolute Gasteiger partial charge is 0.261 e. The van der Waals surface area contributed by atoms with Crippen LogP contribution in [0.5, 0.6) is 0 Å². The molecule has 2 aromatic carbocycles. The Balaban J connectivity index is 1.50. The van der Waals surface area contributed by atoms with Gasteiger partial charge in [-0.1, -0.05) is 38.1 Å². The molecule has 1 aliphatic rings. The fourth-order valence-electron chi connectivity index (χ4n) is 3.75. The van der Waals surface area contributed by atoms with E-state index in [0.717, 1.165) is 42.4 Å². The zero-order chi connectivity index (χ0) is 21.8. The number of aromatic nitrogens is 2. The molecule has 3 aromatic rings. The standard InChI is InChI=1S/C24H28N4O2S/c1-3-19-7-9-22(10-8-19)31(29,30)27-21-6-4-5-20(17-21)23-11-12-24(26-25-23)28-15-13-18(2)14-16-28/h4-12,17-18,27H,3,13-16H2,1-2H3. The van der Waals surface area contributed by atoms with Gasteiger partial charge in [0.05, 0.1) is 10.6 Å². The van der Waals surface area contributed by atoms with Gasteiger partial charge in [0.1, 0.15) is 0 Å². The predicted octanol–water partition coefficient (Wildman–Crippen LogP) is 4.74. The van der Waals surface area contributed by atoms with Crippen LogP contribution in [-0.2, 0) is 16.4 Å². The Labute approximate surface area is 184 Å². The number of nitrogens with one attached hydrogen (secondary N) is 1. The van der Waals surface area contributed by atoms with Crippen LogP contribution in [0.15, 0.2) is 65.6 Å². The average molecular weight is 437 g/mol. The topological polar surface area (TPSA) is 75.2 Å². The van der Waals surface area contributed by atoms with E-state index in [9.17, 15) is 8.42 Å². The van der Waals surface area contributed by atoms with E-state index in [0.29, 0.717) is 11.4 Å². The molecule has 1 N–H and O–H groups in total. The molecule has 0 aliphatic carbocycles. The lowest BCUT2D eigenvalue weighted by atomic mass is 9.99. The number of nitrogens with zero attached hydrogens (tertiary/aromatic N) is 3. The zero-order valence-electron chi connectivity index (χ0n) is 18.0. The quantitative estimate of drug-likeness (QED) is 0.604. The molecule has 7 heteroatoms. The van der Waals surface area contributed by atoms with Crippen LogP contribution in [0.4, 0.5) is 11.5 Å². The summed E-state index contributed by atoms with van der Waals surface area (Å²) >= 11 is 0. The number of hydrogen-bond acceptors (Lipinski definition) is 5. The third-order valence-electron chi connectivity index (χ3n) is 5.81. The summed E-state index contributed by atoms with van der Waals surface area (Å²) in [5.74, 6) is 1.66. The second-order valence-corrected chi connectivity index (χ2v) is 9.81. The van der Waals surface area contributed by atoms with E-state index < -0.39 is 10.0 Å². The minimum atomic E-state index is -3.66. The third kappa shape index (κ3) is 5.05. The predicted molar refractivity (Wildman–Crippen MR) is 125 cm³/mol. The number of hydrogen-bond donors (Lipinski definition) is 1. The number of piperidine rings is 1. The first-order valence-electron chi connectivity index (χ1n) is 10.8. The maximum Gasteiger partial charge on any atom is 0.261 e. The summed E-state index contributed by atoms with van der Waals surface area (Å²) in [7, 11) is -3.66. The Hall–Kier alpha value is -2.93. The van der Waals surface area contributed by atoms with Gasteiger partial charge >= 0.3 is 0 Å². The van der Waals surface area contributed by atoms with E-state index in [1.807, 2.05) is 43.3 Å². The van der Waals surface area contributed by atoms with E-state index in [-0.39, 0.29) is 4.90 Å². The molecule has 0 amide bonds. The molecule has 1 fully saturated rings. The molecular formula is C24H28N4O2S. The SMILES string of the molecule is CCc1ccc(S(=O)(=O)Nc2cccc(-c3ccc(N4CCC(C)CC4)nn3)c2)cc1. The van der Waals surface area contributed by atoms with Crippen molar-refractivity contribution in [1.29, 1.82) is 0 Å². The maximum absolute atomic E-state index is 12.7. The Bertz CT molecular complexity index is 1120. The molecule has 0 saturated carbocycles. The summed E-state index contributed by atoms with van der Waals surface area (Å²) < 4.78 is 28.2. The summed E-state index contributed by atoms with van der Waals surface area (Å²) in [6, 6.07) is 18.1. The van der Waals surface area contributed by atoms with Gasteiger partial charge in [-0.25, -0.2) is 8.42 Å². The second kappa shape index (κ2) is 9.06. The second-order valence-electron chi connectivity index (χ2n) is 8.13. The Morgan fingerprint density at radius 2 is 1.74 bits per heavy atom. The monoisotopic (exact) mass is 436 g/mol. The molecule has 0 unspecified atom stereocenters. The van der Waals surface area contributed by atoms with Crippen LogP contribution < -0.4 is 9.62 Å². The molecule has 2 heterocycles. The molecule has 0 atom stereocenters. The van der Waals surface area contributed by atoms with Crippen LogP contribution in [0, 0.1) is 5.92 Å². The number of rotatable bonds is 6. The first-order valence-corrected chi connectivity index (χ1v) is 12.2. The van der Waals surface area contributed by atoms with Crippen molar-refractivity contribution in [3.8, 4) is 11.3 Å². The van der Waals surface area contributed by atoms with E-state index in [1.54, 1.807) is 24.3 Å². The third-order valence-corrected chi connectivity index (χ3v) is 7.21. The molecule has 0 radical (unpaired) electrons. The van der Waals surface area contributed by atoms with Crippen LogP contribution in [0.2, 0.25) is 0 Å². The summed E-state index contributed by atoms with van der Waals surface area (Å²) in [6.07, 6.45) is 3.21. The van der Waals surface area contributed by atoms with Crippen LogP contribution >= 0.6 is 0 Å².